The van der Waals surface area contributed by atoms with Crippen LogP contribution in [0.3, 0.4) is 0 Å². The zero-order valence-corrected chi connectivity index (χ0v) is 4.37. The lowest BCUT2D eigenvalue weighted by Gasteiger charge is -2.05. The minimum Gasteiger partial charge on any atom is -0.358 e. The molecule has 1 heterocycles. The Morgan fingerprint density at radius 2 is 2.00 bits per heavy atom. The molecule has 2 N–H and O–H groups in total. The molecule has 49 valence electrons. The van der Waals surface area contributed by atoms with Crippen LogP contribution in [0.25, 0.3) is 0 Å². The van der Waals surface area contributed by atoms with E-state index < -0.39 is 24.0 Å². The highest BCUT2D eigenvalue weighted by molar-refractivity contribution is 6.05. The summed E-state index contributed by atoms with van der Waals surface area (Å²) in [6.07, 6.45) is -0.619. The van der Waals surface area contributed by atoms with Crippen LogP contribution in [0.4, 0.5) is 0 Å². The summed E-state index contributed by atoms with van der Waals surface area (Å²) in [5.74, 6) is -4.49. The Hall–Kier alpha value is -0.940. The molecule has 0 atom stereocenters. The van der Waals surface area contributed by atoms with E-state index in [-0.39, 0.29) is 0 Å². The van der Waals surface area contributed by atoms with Gasteiger partial charge in [0.1, 0.15) is 0 Å². The van der Waals surface area contributed by atoms with Crippen LogP contribution in [0.5, 0.6) is 0 Å². The van der Waals surface area contributed by atoms with Crippen LogP contribution in [0.1, 0.15) is 6.42 Å². The summed E-state index contributed by atoms with van der Waals surface area (Å²) < 4.78 is 0. The second kappa shape index (κ2) is 1.52. The molecule has 0 aromatic carbocycles. The quantitative estimate of drug-likeness (QED) is 0.286. The average molecular weight is 130 g/mol. The Morgan fingerprint density at radius 3 is 2.11 bits per heavy atom. The molecule has 1 rings (SSSR count). The molecule has 0 bridgehead atoms. The molecule has 1 aliphatic heterocycles. The molecular weight excluding hydrogens is 126 g/mol. The lowest BCUT2D eigenvalue weighted by atomic mass is 10.2. The third kappa shape index (κ3) is 0.914. The Bertz CT molecular complexity index is 173. The third-order valence-electron chi connectivity index (χ3n) is 0.966. The number of carbonyl (C=O) groups is 2. The van der Waals surface area contributed by atoms with Crippen LogP contribution in [0.2, 0.25) is 0 Å². The van der Waals surface area contributed by atoms with E-state index in [2.05, 4.69) is 5.32 Å². The van der Waals surface area contributed by atoms with Crippen molar-refractivity contribution in [3.63, 3.8) is 0 Å². The minimum atomic E-state index is -2.53. The Labute approximate surface area is 50.3 Å². The van der Waals surface area contributed by atoms with Crippen molar-refractivity contribution in [3.8, 4) is 0 Å². The molecule has 1 aliphatic rings. The normalized spacial score (nSPS) is 24.2. The summed E-state index contributed by atoms with van der Waals surface area (Å²) in [6.45, 7) is 0. The van der Waals surface area contributed by atoms with Gasteiger partial charge in [-0.05, 0) is 0 Å². The molecule has 1 saturated heterocycles. The molecular formula is C4H4NO4. The van der Waals surface area contributed by atoms with Crippen molar-refractivity contribution in [3.05, 3.63) is 0 Å². The Morgan fingerprint density at radius 1 is 1.44 bits per heavy atom. The second-order valence-electron chi connectivity index (χ2n) is 1.80. The van der Waals surface area contributed by atoms with Crippen molar-refractivity contribution in [1.82, 2.24) is 5.32 Å². The van der Waals surface area contributed by atoms with Crippen LogP contribution in [-0.2, 0) is 9.59 Å². The lowest BCUT2D eigenvalue weighted by molar-refractivity contribution is -0.177. The monoisotopic (exact) mass is 130 g/mol. The standard InChI is InChI=1S/C4H4NO4/c6-2-1-4(8,9)3(7)5-2/h8-9H,1H2. The molecule has 5 nitrogen and oxygen atoms in total. The fourth-order valence-corrected chi connectivity index (χ4v) is 0.529. The molecule has 2 amide bonds. The molecule has 0 unspecified atom stereocenters. The van der Waals surface area contributed by atoms with Gasteiger partial charge < -0.3 is 10.2 Å². The van der Waals surface area contributed by atoms with Crippen molar-refractivity contribution in [2.75, 3.05) is 0 Å². The number of rotatable bonds is 0. The van der Waals surface area contributed by atoms with Gasteiger partial charge >= 0.3 is 5.91 Å². The molecule has 0 aromatic heterocycles. The van der Waals surface area contributed by atoms with Gasteiger partial charge in [-0.15, -0.1) is 0 Å². The molecule has 0 aromatic rings. The highest BCUT2D eigenvalue weighted by atomic mass is 16.5. The summed E-state index contributed by atoms with van der Waals surface area (Å²) in [5.41, 5.74) is 0. The van der Waals surface area contributed by atoms with Crippen LogP contribution in [-0.4, -0.2) is 27.8 Å². The average Bonchev–Trinajstić information content (AvgIpc) is 1.79. The molecule has 0 saturated carbocycles. The van der Waals surface area contributed by atoms with Gasteiger partial charge in [-0.1, -0.05) is 0 Å². The number of nitrogens with zero attached hydrogens (tertiary/aromatic N) is 1. The molecule has 1 fully saturated rings. The predicted molar refractivity (Wildman–Crippen MR) is 23.9 cm³/mol. The predicted octanol–water partition coefficient (Wildman–Crippen LogP) is -2.27. The zero-order valence-electron chi connectivity index (χ0n) is 4.37. The topological polar surface area (TPSA) is 88.7 Å². The van der Waals surface area contributed by atoms with Gasteiger partial charge in [-0.2, -0.15) is 5.32 Å². The molecule has 0 spiro atoms. The van der Waals surface area contributed by atoms with Gasteiger partial charge in [0, 0.05) is 0 Å². The SMILES string of the molecule is O=C1CC(O)(O)C(=O)[N]1. The van der Waals surface area contributed by atoms with Crippen molar-refractivity contribution >= 4 is 11.8 Å². The first-order valence-corrected chi connectivity index (χ1v) is 2.26. The number of aliphatic hydroxyl groups is 2. The van der Waals surface area contributed by atoms with E-state index in [9.17, 15) is 9.59 Å². The van der Waals surface area contributed by atoms with Gasteiger partial charge in [0.2, 0.25) is 0 Å². The van der Waals surface area contributed by atoms with Gasteiger partial charge in [-0.25, -0.2) is 0 Å². The summed E-state index contributed by atoms with van der Waals surface area (Å²) >= 11 is 0. The fraction of sp³-hybridized carbons (Fsp3) is 0.500. The fourth-order valence-electron chi connectivity index (χ4n) is 0.529. The number of carbonyl (C=O) groups excluding carboxylic acids is 2. The van der Waals surface area contributed by atoms with Crippen molar-refractivity contribution in [2.45, 2.75) is 12.2 Å². The lowest BCUT2D eigenvalue weighted by Crippen LogP contribution is -2.34. The summed E-state index contributed by atoms with van der Waals surface area (Å²) in [5, 5.41) is 19.8. The highest BCUT2D eigenvalue weighted by Crippen LogP contribution is 2.12. The maximum absolute atomic E-state index is 10.2. The third-order valence-corrected chi connectivity index (χ3v) is 0.966. The van der Waals surface area contributed by atoms with E-state index in [1.165, 1.54) is 0 Å². The van der Waals surface area contributed by atoms with Crippen LogP contribution in [0.15, 0.2) is 0 Å². The maximum Gasteiger partial charge on any atom is 0.309 e. The van der Waals surface area contributed by atoms with Crippen LogP contribution < -0.4 is 5.32 Å². The number of hydrogen-bond donors (Lipinski definition) is 2. The second-order valence-corrected chi connectivity index (χ2v) is 1.80. The summed E-state index contributed by atoms with van der Waals surface area (Å²) in [7, 11) is 0. The first kappa shape index (κ1) is 6.18. The zero-order chi connectivity index (χ0) is 7.07. The maximum atomic E-state index is 10.2. The van der Waals surface area contributed by atoms with Crippen molar-refractivity contribution in [1.29, 1.82) is 0 Å². The largest absolute Gasteiger partial charge is 0.358 e. The van der Waals surface area contributed by atoms with E-state index in [0.717, 1.165) is 0 Å². The first-order valence-electron chi connectivity index (χ1n) is 2.26. The van der Waals surface area contributed by atoms with Crippen molar-refractivity contribution in [2.24, 2.45) is 0 Å². The molecule has 9 heavy (non-hydrogen) atoms. The molecule has 0 aliphatic carbocycles. The number of hydrogen-bond acceptors (Lipinski definition) is 4. The Balaban J connectivity index is 2.81. The van der Waals surface area contributed by atoms with E-state index >= 15 is 0 Å². The molecule has 5 heteroatoms. The van der Waals surface area contributed by atoms with E-state index in [1.54, 1.807) is 0 Å². The van der Waals surface area contributed by atoms with Crippen molar-refractivity contribution < 1.29 is 19.8 Å². The minimum absolute atomic E-state index is 0.619. The summed E-state index contributed by atoms with van der Waals surface area (Å²) in [4.78, 5) is 20.4. The van der Waals surface area contributed by atoms with Crippen LogP contribution in [0, 0.1) is 0 Å². The van der Waals surface area contributed by atoms with Gasteiger partial charge in [-0.3, -0.25) is 9.59 Å². The van der Waals surface area contributed by atoms with Gasteiger partial charge in [0.25, 0.3) is 11.7 Å². The van der Waals surface area contributed by atoms with E-state index in [0.29, 0.717) is 0 Å². The van der Waals surface area contributed by atoms with E-state index in [4.69, 9.17) is 10.2 Å². The van der Waals surface area contributed by atoms with Gasteiger partial charge in [0.15, 0.2) is 0 Å². The first-order chi connectivity index (χ1) is 4.02. The summed E-state index contributed by atoms with van der Waals surface area (Å²) in [6, 6.07) is 0. The van der Waals surface area contributed by atoms with Gasteiger partial charge in [0.05, 0.1) is 6.42 Å². The molecule has 1 radical (unpaired) electrons. The highest BCUT2D eigenvalue weighted by Gasteiger charge is 2.45. The number of imide groups is 1. The van der Waals surface area contributed by atoms with E-state index in [1.807, 2.05) is 0 Å². The Kier molecular flexibility index (Phi) is 1.04. The number of amides is 2. The smallest absolute Gasteiger partial charge is 0.309 e. The van der Waals surface area contributed by atoms with Crippen LogP contribution >= 0.6 is 0 Å².